The van der Waals surface area contributed by atoms with Crippen LogP contribution in [0.15, 0.2) is 0 Å². The Morgan fingerprint density at radius 1 is 1.67 bits per heavy atom. The Balaban J connectivity index is 2.99. The van der Waals surface area contributed by atoms with Crippen LogP contribution >= 0.6 is 25.6 Å². The number of thiol groups is 2. The highest BCUT2D eigenvalue weighted by Crippen LogP contribution is 1.99. The summed E-state index contributed by atoms with van der Waals surface area (Å²) in [6.07, 6.45) is -0.586. The summed E-state index contributed by atoms with van der Waals surface area (Å²) in [6.45, 7) is 1.57. The summed E-state index contributed by atoms with van der Waals surface area (Å²) in [5.41, 5.74) is 0. The molecular formula is C2H7NOS2. The van der Waals surface area contributed by atoms with Crippen molar-refractivity contribution in [3.63, 3.8) is 0 Å². The summed E-state index contributed by atoms with van der Waals surface area (Å²) in [4.78, 5) is 0. The fourth-order valence-corrected chi connectivity index (χ4v) is 0. The molecular weight excluding hydrogens is 118 g/mol. The molecule has 1 N–H and O–H groups in total. The summed E-state index contributed by atoms with van der Waals surface area (Å²) >= 11 is 7.28. The van der Waals surface area contributed by atoms with Gasteiger partial charge in [0.15, 0.2) is 0 Å². The topological polar surface area (TPSA) is 23.5 Å². The third kappa shape index (κ3) is 2.84. The fraction of sp³-hybridized carbons (Fsp3) is 1.00. The van der Waals surface area contributed by atoms with Crippen LogP contribution in [-0.4, -0.2) is 15.0 Å². The minimum Gasteiger partial charge on any atom is -0.377 e. The number of aliphatic hydroxyl groups is 1. The van der Waals surface area contributed by atoms with Crippen molar-refractivity contribution in [1.82, 2.24) is 3.71 Å². The van der Waals surface area contributed by atoms with Crippen molar-refractivity contribution in [3.05, 3.63) is 0 Å². The van der Waals surface area contributed by atoms with E-state index in [4.69, 9.17) is 5.11 Å². The average molecular weight is 125 g/mol. The Morgan fingerprint density at radius 2 is 1.83 bits per heavy atom. The van der Waals surface area contributed by atoms with E-state index in [2.05, 4.69) is 25.6 Å². The van der Waals surface area contributed by atoms with E-state index in [0.717, 1.165) is 3.71 Å². The van der Waals surface area contributed by atoms with E-state index in [1.807, 2.05) is 0 Å². The van der Waals surface area contributed by atoms with Crippen molar-refractivity contribution in [2.24, 2.45) is 0 Å². The number of hydrogen-bond donors (Lipinski definition) is 3. The summed E-state index contributed by atoms with van der Waals surface area (Å²) < 4.78 is 1.11. The molecule has 6 heavy (non-hydrogen) atoms. The maximum atomic E-state index is 8.40. The molecule has 0 saturated carbocycles. The molecule has 0 radical (unpaired) electrons. The van der Waals surface area contributed by atoms with Gasteiger partial charge in [0.2, 0.25) is 0 Å². The first-order valence-electron chi connectivity index (χ1n) is 1.49. The van der Waals surface area contributed by atoms with Crippen LogP contribution in [0.1, 0.15) is 6.92 Å². The molecule has 0 aromatic heterocycles. The molecule has 0 aromatic rings. The van der Waals surface area contributed by atoms with Gasteiger partial charge >= 0.3 is 0 Å². The molecule has 1 atom stereocenters. The molecule has 0 aliphatic rings. The van der Waals surface area contributed by atoms with Crippen LogP contribution in [0.25, 0.3) is 0 Å². The lowest BCUT2D eigenvalue weighted by atomic mass is 10.7. The second kappa shape index (κ2) is 2.74. The van der Waals surface area contributed by atoms with Gasteiger partial charge in [-0.1, -0.05) is 25.6 Å². The first-order chi connectivity index (χ1) is 2.64. The van der Waals surface area contributed by atoms with E-state index in [9.17, 15) is 0 Å². The van der Waals surface area contributed by atoms with Crippen molar-refractivity contribution in [1.29, 1.82) is 0 Å². The monoisotopic (exact) mass is 125 g/mol. The lowest BCUT2D eigenvalue weighted by molar-refractivity contribution is 0.143. The molecule has 1 unspecified atom stereocenters. The minimum absolute atomic E-state index is 0.586. The zero-order valence-corrected chi connectivity index (χ0v) is 5.16. The second-order valence-electron chi connectivity index (χ2n) is 0.952. The molecule has 0 spiro atoms. The zero-order chi connectivity index (χ0) is 5.15. The lowest BCUT2D eigenvalue weighted by Gasteiger charge is -2.07. The van der Waals surface area contributed by atoms with Crippen molar-refractivity contribution in [2.75, 3.05) is 0 Å². The highest BCUT2D eigenvalue weighted by Gasteiger charge is 1.95. The van der Waals surface area contributed by atoms with Gasteiger partial charge in [0, 0.05) is 0 Å². The molecule has 0 bridgehead atoms. The maximum absolute atomic E-state index is 8.40. The van der Waals surface area contributed by atoms with Gasteiger partial charge in [-0.15, -0.1) is 0 Å². The van der Waals surface area contributed by atoms with Gasteiger partial charge in [0.25, 0.3) is 0 Å². The Hall–Kier alpha value is 0.620. The molecule has 0 aromatic carbocycles. The SMILES string of the molecule is CC(O)N(S)S. The normalized spacial score (nSPS) is 15.5. The summed E-state index contributed by atoms with van der Waals surface area (Å²) in [5.74, 6) is 0. The molecule has 0 amide bonds. The van der Waals surface area contributed by atoms with E-state index in [1.165, 1.54) is 0 Å². The number of aliphatic hydroxyl groups excluding tert-OH is 1. The Bertz CT molecular complexity index is 32.5. The van der Waals surface area contributed by atoms with Crippen LogP contribution in [-0.2, 0) is 0 Å². The van der Waals surface area contributed by atoms with Crippen LogP contribution in [0.2, 0.25) is 0 Å². The van der Waals surface area contributed by atoms with Gasteiger partial charge in [-0.2, -0.15) is 3.71 Å². The minimum atomic E-state index is -0.586. The van der Waals surface area contributed by atoms with Gasteiger partial charge < -0.3 is 5.11 Å². The van der Waals surface area contributed by atoms with E-state index in [-0.39, 0.29) is 0 Å². The van der Waals surface area contributed by atoms with Crippen LogP contribution in [0, 0.1) is 0 Å². The highest BCUT2D eigenvalue weighted by atomic mass is 32.2. The van der Waals surface area contributed by atoms with E-state index in [0.29, 0.717) is 0 Å². The van der Waals surface area contributed by atoms with Gasteiger partial charge in [0.05, 0.1) is 0 Å². The van der Waals surface area contributed by atoms with Crippen molar-refractivity contribution in [2.45, 2.75) is 13.2 Å². The molecule has 2 nitrogen and oxygen atoms in total. The van der Waals surface area contributed by atoms with Crippen LogP contribution in [0.3, 0.4) is 0 Å². The zero-order valence-electron chi connectivity index (χ0n) is 3.37. The Morgan fingerprint density at radius 3 is 1.83 bits per heavy atom. The van der Waals surface area contributed by atoms with Gasteiger partial charge in [-0.05, 0) is 6.92 Å². The standard InChI is InChI=1S/C2H7NOS2/c1-2(4)3(5)6/h2,4-6H,1H3. The largest absolute Gasteiger partial charge is 0.377 e. The lowest BCUT2D eigenvalue weighted by Crippen LogP contribution is -2.12. The highest BCUT2D eigenvalue weighted by molar-refractivity contribution is 7.93. The molecule has 4 heteroatoms. The molecule has 0 aliphatic carbocycles. The van der Waals surface area contributed by atoms with Crippen LogP contribution in [0.4, 0.5) is 0 Å². The Kier molecular flexibility index (Phi) is 3.02. The maximum Gasteiger partial charge on any atom is 0.123 e. The van der Waals surface area contributed by atoms with Crippen molar-refractivity contribution < 1.29 is 5.11 Å². The van der Waals surface area contributed by atoms with Crippen LogP contribution < -0.4 is 0 Å². The van der Waals surface area contributed by atoms with Crippen LogP contribution in [0.5, 0.6) is 0 Å². The third-order valence-corrected chi connectivity index (χ3v) is 1.00. The number of rotatable bonds is 1. The summed E-state index contributed by atoms with van der Waals surface area (Å²) in [6, 6.07) is 0. The second-order valence-corrected chi connectivity index (χ2v) is 2.13. The quantitative estimate of drug-likeness (QED) is 0.347. The molecule has 38 valence electrons. The predicted octanol–water partition coefficient (Wildman–Crippen LogP) is 0.316. The fourth-order valence-electron chi connectivity index (χ4n) is 0. The number of nitrogens with zero attached hydrogens (tertiary/aromatic N) is 1. The Labute approximate surface area is 48.2 Å². The first-order valence-corrected chi connectivity index (χ1v) is 2.29. The molecule has 0 saturated heterocycles. The van der Waals surface area contributed by atoms with E-state index in [1.54, 1.807) is 6.92 Å². The van der Waals surface area contributed by atoms with E-state index < -0.39 is 6.23 Å². The number of hydrogen-bond acceptors (Lipinski definition) is 4. The molecule has 0 fully saturated rings. The van der Waals surface area contributed by atoms with Gasteiger partial charge in [-0.3, -0.25) is 0 Å². The predicted molar refractivity (Wildman–Crippen MR) is 31.5 cm³/mol. The van der Waals surface area contributed by atoms with Crippen molar-refractivity contribution in [3.8, 4) is 0 Å². The smallest absolute Gasteiger partial charge is 0.123 e. The average Bonchev–Trinajstić information content (AvgIpc) is 1.36. The van der Waals surface area contributed by atoms with Gasteiger partial charge in [-0.25, -0.2) is 0 Å². The summed E-state index contributed by atoms with van der Waals surface area (Å²) in [7, 11) is 0. The molecule has 0 aliphatic heterocycles. The van der Waals surface area contributed by atoms with Crippen molar-refractivity contribution >= 4 is 25.6 Å². The summed E-state index contributed by atoms with van der Waals surface area (Å²) in [5, 5.41) is 8.40. The first kappa shape index (κ1) is 6.62. The van der Waals surface area contributed by atoms with Gasteiger partial charge in [0.1, 0.15) is 6.23 Å². The molecule has 0 heterocycles. The van der Waals surface area contributed by atoms with E-state index >= 15 is 0 Å². The third-order valence-electron chi connectivity index (χ3n) is 0.334. The molecule has 0 rings (SSSR count).